The van der Waals surface area contributed by atoms with Crippen LogP contribution in [0, 0.1) is 0 Å². The van der Waals surface area contributed by atoms with Gasteiger partial charge < -0.3 is 15.4 Å². The number of hydrogen-bond acceptors (Lipinski definition) is 4. The first-order valence-electron chi connectivity index (χ1n) is 7.99. The highest BCUT2D eigenvalue weighted by molar-refractivity contribution is 14.0. The molecule has 0 radical (unpaired) electrons. The van der Waals surface area contributed by atoms with Gasteiger partial charge in [-0.15, -0.1) is 24.0 Å². The van der Waals surface area contributed by atoms with Gasteiger partial charge in [0.05, 0.1) is 0 Å². The van der Waals surface area contributed by atoms with Crippen molar-refractivity contribution in [2.75, 3.05) is 26.7 Å². The predicted molar refractivity (Wildman–Crippen MR) is 108 cm³/mol. The van der Waals surface area contributed by atoms with Gasteiger partial charge in [0.15, 0.2) is 5.96 Å². The maximum Gasteiger partial charge on any atom is 0.325 e. The third-order valence-electron chi connectivity index (χ3n) is 3.03. The first-order valence-corrected chi connectivity index (χ1v) is 7.99. The summed E-state index contributed by atoms with van der Waals surface area (Å²) in [4.78, 5) is 18.2. The fourth-order valence-electron chi connectivity index (χ4n) is 2.17. The summed E-state index contributed by atoms with van der Waals surface area (Å²) >= 11 is 0. The first-order chi connectivity index (χ1) is 10.1. The summed E-state index contributed by atoms with van der Waals surface area (Å²) in [7, 11) is 1.69. The van der Waals surface area contributed by atoms with Gasteiger partial charge in [0.2, 0.25) is 0 Å². The van der Waals surface area contributed by atoms with E-state index < -0.39 is 5.60 Å². The van der Waals surface area contributed by atoms with E-state index in [0.29, 0.717) is 18.0 Å². The molecule has 0 aromatic carbocycles. The Hall–Kier alpha value is -0.570. The fourth-order valence-corrected chi connectivity index (χ4v) is 2.17. The summed E-state index contributed by atoms with van der Waals surface area (Å²) in [5, 5.41) is 6.19. The number of esters is 1. The molecular weight excluding hydrogens is 407 g/mol. The molecule has 0 amide bonds. The molecule has 0 rings (SSSR count). The summed E-state index contributed by atoms with van der Waals surface area (Å²) in [6.45, 7) is 16.1. The van der Waals surface area contributed by atoms with Gasteiger partial charge in [-0.1, -0.05) is 0 Å². The number of nitrogens with one attached hydrogen (secondary N) is 2. The van der Waals surface area contributed by atoms with Crippen molar-refractivity contribution in [3.8, 4) is 0 Å². The second-order valence-corrected chi connectivity index (χ2v) is 6.86. The highest BCUT2D eigenvalue weighted by Crippen LogP contribution is 2.06. The third-order valence-corrected chi connectivity index (χ3v) is 3.03. The van der Waals surface area contributed by atoms with Crippen LogP contribution in [0.25, 0.3) is 0 Å². The molecule has 0 aliphatic heterocycles. The van der Waals surface area contributed by atoms with Crippen LogP contribution in [0.1, 0.15) is 48.5 Å². The van der Waals surface area contributed by atoms with E-state index >= 15 is 0 Å². The van der Waals surface area contributed by atoms with Gasteiger partial charge in [-0.05, 0) is 48.5 Å². The lowest BCUT2D eigenvalue weighted by atomic mass is 10.2. The number of carbonyl (C=O) groups excluding carboxylic acids is 1. The Bertz CT molecular complexity index is 358. The summed E-state index contributed by atoms with van der Waals surface area (Å²) in [6, 6.07) is 0.997. The molecule has 0 bridgehead atoms. The Morgan fingerprint density at radius 2 is 1.65 bits per heavy atom. The van der Waals surface area contributed by atoms with Gasteiger partial charge in [0, 0.05) is 32.2 Å². The molecule has 23 heavy (non-hydrogen) atoms. The lowest BCUT2D eigenvalue weighted by molar-refractivity contribution is -0.153. The SMILES string of the molecule is CN=C(NCCN(C(C)C)C(C)C)NCC(=O)OC(C)(C)C.I. The Morgan fingerprint density at radius 3 is 2.04 bits per heavy atom. The average Bonchev–Trinajstić information content (AvgIpc) is 2.34. The number of rotatable bonds is 7. The normalized spacial score (nSPS) is 12.4. The third kappa shape index (κ3) is 12.5. The number of aliphatic imine (C=N–C) groups is 1. The summed E-state index contributed by atoms with van der Waals surface area (Å²) in [6.07, 6.45) is 0. The van der Waals surface area contributed by atoms with Crippen LogP contribution in [-0.2, 0) is 9.53 Å². The van der Waals surface area contributed by atoms with Crippen LogP contribution in [0.5, 0.6) is 0 Å². The van der Waals surface area contributed by atoms with E-state index in [-0.39, 0.29) is 36.5 Å². The van der Waals surface area contributed by atoms with E-state index in [9.17, 15) is 4.79 Å². The van der Waals surface area contributed by atoms with Gasteiger partial charge in [0.1, 0.15) is 12.1 Å². The monoisotopic (exact) mass is 442 g/mol. The van der Waals surface area contributed by atoms with E-state index in [0.717, 1.165) is 13.1 Å². The molecule has 0 aliphatic carbocycles. The molecular formula is C16H35IN4O2. The molecule has 0 aliphatic rings. The molecule has 0 saturated heterocycles. The zero-order chi connectivity index (χ0) is 17.3. The van der Waals surface area contributed by atoms with Crippen molar-refractivity contribution in [2.24, 2.45) is 4.99 Å². The lowest BCUT2D eigenvalue weighted by Crippen LogP contribution is -2.46. The second-order valence-electron chi connectivity index (χ2n) is 6.86. The number of ether oxygens (including phenoxy) is 1. The average molecular weight is 442 g/mol. The largest absolute Gasteiger partial charge is 0.459 e. The van der Waals surface area contributed by atoms with Crippen LogP contribution in [0.2, 0.25) is 0 Å². The van der Waals surface area contributed by atoms with Gasteiger partial charge in [-0.3, -0.25) is 14.7 Å². The summed E-state index contributed by atoms with van der Waals surface area (Å²) < 4.78 is 5.25. The van der Waals surface area contributed by atoms with Crippen molar-refractivity contribution < 1.29 is 9.53 Å². The molecule has 2 N–H and O–H groups in total. The van der Waals surface area contributed by atoms with Crippen LogP contribution in [-0.4, -0.2) is 61.2 Å². The topological polar surface area (TPSA) is 66.0 Å². The van der Waals surface area contributed by atoms with Gasteiger partial charge >= 0.3 is 5.97 Å². The van der Waals surface area contributed by atoms with Crippen LogP contribution in [0.4, 0.5) is 0 Å². The molecule has 0 fully saturated rings. The maximum absolute atomic E-state index is 11.7. The van der Waals surface area contributed by atoms with E-state index in [1.165, 1.54) is 0 Å². The molecule has 7 heteroatoms. The van der Waals surface area contributed by atoms with Gasteiger partial charge in [0.25, 0.3) is 0 Å². The van der Waals surface area contributed by atoms with Crippen molar-refractivity contribution in [1.29, 1.82) is 0 Å². The van der Waals surface area contributed by atoms with Gasteiger partial charge in [-0.25, -0.2) is 0 Å². The zero-order valence-corrected chi connectivity index (χ0v) is 18.2. The van der Waals surface area contributed by atoms with E-state index in [1.54, 1.807) is 7.05 Å². The van der Waals surface area contributed by atoms with Crippen LogP contribution in [0.15, 0.2) is 4.99 Å². The highest BCUT2D eigenvalue weighted by atomic mass is 127. The lowest BCUT2D eigenvalue weighted by Gasteiger charge is -2.30. The molecule has 138 valence electrons. The van der Waals surface area contributed by atoms with E-state index in [2.05, 4.69) is 48.2 Å². The maximum atomic E-state index is 11.7. The Labute approximate surface area is 158 Å². The molecule has 0 aromatic heterocycles. The van der Waals surface area contributed by atoms with Gasteiger partial charge in [-0.2, -0.15) is 0 Å². The van der Waals surface area contributed by atoms with E-state index in [1.807, 2.05) is 20.8 Å². The number of halogens is 1. The zero-order valence-electron chi connectivity index (χ0n) is 15.9. The fraction of sp³-hybridized carbons (Fsp3) is 0.875. The standard InChI is InChI=1S/C16H34N4O2.HI/c1-12(2)20(13(3)4)10-9-18-15(17-8)19-11-14(21)22-16(5,6)7;/h12-13H,9-11H2,1-8H3,(H2,17,18,19);1H. The number of hydrogen-bond donors (Lipinski definition) is 2. The first kappa shape index (κ1) is 24.7. The Morgan fingerprint density at radius 1 is 1.13 bits per heavy atom. The molecule has 0 spiro atoms. The van der Waals surface area contributed by atoms with Crippen molar-refractivity contribution in [3.63, 3.8) is 0 Å². The van der Waals surface area contributed by atoms with Crippen LogP contribution < -0.4 is 10.6 Å². The molecule has 0 aromatic rings. The predicted octanol–water partition coefficient (Wildman–Crippen LogP) is 2.23. The van der Waals surface area contributed by atoms with Crippen molar-refractivity contribution in [3.05, 3.63) is 0 Å². The molecule has 0 saturated carbocycles. The number of carbonyl (C=O) groups is 1. The molecule has 6 nitrogen and oxygen atoms in total. The van der Waals surface area contributed by atoms with Crippen molar-refractivity contribution >= 4 is 35.9 Å². The second kappa shape index (κ2) is 11.9. The minimum absolute atomic E-state index is 0. The summed E-state index contributed by atoms with van der Waals surface area (Å²) in [5.41, 5.74) is -0.468. The minimum atomic E-state index is -0.468. The number of guanidine groups is 1. The van der Waals surface area contributed by atoms with E-state index in [4.69, 9.17) is 4.74 Å². The Kier molecular flexibility index (Phi) is 12.8. The van der Waals surface area contributed by atoms with Crippen LogP contribution >= 0.6 is 24.0 Å². The molecule has 0 unspecified atom stereocenters. The highest BCUT2D eigenvalue weighted by Gasteiger charge is 2.16. The minimum Gasteiger partial charge on any atom is -0.459 e. The quantitative estimate of drug-likeness (QED) is 0.274. The van der Waals surface area contributed by atoms with Crippen LogP contribution in [0.3, 0.4) is 0 Å². The Balaban J connectivity index is 0. The van der Waals surface area contributed by atoms with Crippen molar-refractivity contribution in [1.82, 2.24) is 15.5 Å². The summed E-state index contributed by atoms with van der Waals surface area (Å²) in [5.74, 6) is 0.319. The molecule has 0 heterocycles. The van der Waals surface area contributed by atoms with Crippen molar-refractivity contribution in [2.45, 2.75) is 66.2 Å². The molecule has 0 atom stereocenters. The number of nitrogens with zero attached hydrogens (tertiary/aromatic N) is 2. The smallest absolute Gasteiger partial charge is 0.325 e.